The van der Waals surface area contributed by atoms with Gasteiger partial charge in [-0.3, -0.25) is 0 Å². The predicted octanol–water partition coefficient (Wildman–Crippen LogP) is 2.48. The molecule has 98 valence electrons. The van der Waals surface area contributed by atoms with Gasteiger partial charge in [0.1, 0.15) is 11.4 Å². The summed E-state index contributed by atoms with van der Waals surface area (Å²) < 4.78 is 7.50. The summed E-state index contributed by atoms with van der Waals surface area (Å²) in [6.45, 7) is 4.61. The van der Waals surface area contributed by atoms with Gasteiger partial charge < -0.3 is 14.1 Å². The lowest BCUT2D eigenvalue weighted by Crippen LogP contribution is -2.18. The third-order valence-corrected chi connectivity index (χ3v) is 3.01. The molecule has 1 N–H and O–H groups in total. The smallest absolute Gasteiger partial charge is 0.211 e. The van der Waals surface area contributed by atoms with Crippen molar-refractivity contribution in [1.82, 2.24) is 19.7 Å². The standard InChI is InChI=1S/C14H16N4O/c1-10-7-16-14(19-10)11(2)15-8-12-9-18-6-4-3-5-13(18)17-12/h3-7,9,11,15H,8H2,1-2H3. The van der Waals surface area contributed by atoms with Gasteiger partial charge in [0.2, 0.25) is 5.89 Å². The first-order chi connectivity index (χ1) is 9.22. The maximum Gasteiger partial charge on any atom is 0.211 e. The second-order valence-corrected chi connectivity index (χ2v) is 4.61. The minimum absolute atomic E-state index is 0.0681. The van der Waals surface area contributed by atoms with Gasteiger partial charge in [0, 0.05) is 18.9 Å². The molecular weight excluding hydrogens is 240 g/mol. The Balaban J connectivity index is 1.68. The summed E-state index contributed by atoms with van der Waals surface area (Å²) in [6, 6.07) is 6.03. The Bertz CT molecular complexity index is 652. The molecule has 1 atom stereocenters. The summed E-state index contributed by atoms with van der Waals surface area (Å²) in [7, 11) is 0. The molecule has 3 aromatic rings. The Labute approximate surface area is 111 Å². The molecule has 0 aliphatic carbocycles. The minimum atomic E-state index is 0.0681. The Kier molecular flexibility index (Phi) is 3.05. The lowest BCUT2D eigenvalue weighted by Gasteiger charge is -2.08. The topological polar surface area (TPSA) is 55.4 Å². The molecule has 1 unspecified atom stereocenters. The van der Waals surface area contributed by atoms with Crippen molar-refractivity contribution in [3.05, 3.63) is 54.1 Å². The van der Waals surface area contributed by atoms with Crippen LogP contribution in [-0.2, 0) is 6.54 Å². The highest BCUT2D eigenvalue weighted by Gasteiger charge is 2.11. The number of nitrogens with zero attached hydrogens (tertiary/aromatic N) is 3. The average molecular weight is 256 g/mol. The van der Waals surface area contributed by atoms with Gasteiger partial charge in [0.05, 0.1) is 17.9 Å². The van der Waals surface area contributed by atoms with Crippen molar-refractivity contribution in [3.8, 4) is 0 Å². The number of rotatable bonds is 4. The van der Waals surface area contributed by atoms with Crippen LogP contribution >= 0.6 is 0 Å². The fourth-order valence-electron chi connectivity index (χ4n) is 1.99. The first-order valence-corrected chi connectivity index (χ1v) is 6.31. The molecule has 0 aliphatic heterocycles. The van der Waals surface area contributed by atoms with E-state index in [1.807, 2.05) is 48.8 Å². The number of oxazole rings is 1. The lowest BCUT2D eigenvalue weighted by atomic mass is 10.3. The molecule has 0 amide bonds. The van der Waals surface area contributed by atoms with E-state index in [0.717, 1.165) is 17.1 Å². The van der Waals surface area contributed by atoms with Crippen molar-refractivity contribution >= 4 is 5.65 Å². The van der Waals surface area contributed by atoms with Gasteiger partial charge in [0.15, 0.2) is 0 Å². The van der Waals surface area contributed by atoms with Crippen LogP contribution in [0.3, 0.4) is 0 Å². The van der Waals surface area contributed by atoms with Gasteiger partial charge in [-0.15, -0.1) is 0 Å². The van der Waals surface area contributed by atoms with Crippen LogP contribution in [0.25, 0.3) is 5.65 Å². The molecular formula is C14H16N4O. The first-order valence-electron chi connectivity index (χ1n) is 6.31. The van der Waals surface area contributed by atoms with Crippen molar-refractivity contribution in [2.75, 3.05) is 0 Å². The predicted molar refractivity (Wildman–Crippen MR) is 71.7 cm³/mol. The van der Waals surface area contributed by atoms with Gasteiger partial charge >= 0.3 is 0 Å². The van der Waals surface area contributed by atoms with Crippen LogP contribution in [0.4, 0.5) is 0 Å². The Morgan fingerprint density at radius 3 is 3.05 bits per heavy atom. The summed E-state index contributed by atoms with van der Waals surface area (Å²) in [4.78, 5) is 8.75. The van der Waals surface area contributed by atoms with E-state index in [1.165, 1.54) is 0 Å². The quantitative estimate of drug-likeness (QED) is 0.779. The van der Waals surface area contributed by atoms with Gasteiger partial charge in [0.25, 0.3) is 0 Å². The van der Waals surface area contributed by atoms with Crippen LogP contribution in [0.1, 0.15) is 30.3 Å². The molecule has 0 saturated carbocycles. The van der Waals surface area contributed by atoms with Crippen LogP contribution in [0.15, 0.2) is 41.2 Å². The number of hydrogen-bond acceptors (Lipinski definition) is 4. The Morgan fingerprint density at radius 2 is 2.32 bits per heavy atom. The molecule has 3 aromatic heterocycles. The molecule has 3 rings (SSSR count). The van der Waals surface area contributed by atoms with Gasteiger partial charge in [-0.2, -0.15) is 0 Å². The first kappa shape index (κ1) is 11.9. The molecule has 0 aromatic carbocycles. The zero-order valence-electron chi connectivity index (χ0n) is 11.0. The second-order valence-electron chi connectivity index (χ2n) is 4.61. The Morgan fingerprint density at radius 1 is 1.42 bits per heavy atom. The second kappa shape index (κ2) is 4.85. The van der Waals surface area contributed by atoms with Crippen LogP contribution in [-0.4, -0.2) is 14.4 Å². The monoisotopic (exact) mass is 256 g/mol. The van der Waals surface area contributed by atoms with Crippen molar-refractivity contribution in [2.24, 2.45) is 0 Å². The minimum Gasteiger partial charge on any atom is -0.444 e. The zero-order valence-corrected chi connectivity index (χ0v) is 11.0. The van der Waals surface area contributed by atoms with Crippen LogP contribution in [0, 0.1) is 6.92 Å². The third-order valence-electron chi connectivity index (χ3n) is 3.01. The Hall–Kier alpha value is -2.14. The van der Waals surface area contributed by atoms with Crippen LogP contribution in [0.2, 0.25) is 0 Å². The zero-order chi connectivity index (χ0) is 13.2. The highest BCUT2D eigenvalue weighted by Crippen LogP contribution is 2.13. The van der Waals surface area contributed by atoms with Gasteiger partial charge in [-0.1, -0.05) is 6.07 Å². The molecule has 0 bridgehead atoms. The number of nitrogens with one attached hydrogen (secondary N) is 1. The van der Waals surface area contributed by atoms with Crippen molar-refractivity contribution < 1.29 is 4.42 Å². The number of imidazole rings is 1. The summed E-state index contributed by atoms with van der Waals surface area (Å²) in [5.41, 5.74) is 1.96. The number of fused-ring (bicyclic) bond motifs is 1. The summed E-state index contributed by atoms with van der Waals surface area (Å²) >= 11 is 0. The molecule has 0 radical (unpaired) electrons. The van der Waals surface area contributed by atoms with E-state index in [9.17, 15) is 0 Å². The molecule has 0 saturated heterocycles. The van der Waals surface area contributed by atoms with Gasteiger partial charge in [-0.05, 0) is 26.0 Å². The van der Waals surface area contributed by atoms with Gasteiger partial charge in [-0.25, -0.2) is 9.97 Å². The molecule has 5 heteroatoms. The summed E-state index contributed by atoms with van der Waals surface area (Å²) in [6.07, 6.45) is 5.75. The van der Waals surface area contributed by atoms with E-state index < -0.39 is 0 Å². The third kappa shape index (κ3) is 2.51. The number of aromatic nitrogens is 3. The normalized spacial score (nSPS) is 12.9. The average Bonchev–Trinajstić information content (AvgIpc) is 3.01. The fourth-order valence-corrected chi connectivity index (χ4v) is 1.99. The highest BCUT2D eigenvalue weighted by molar-refractivity contribution is 5.39. The van der Waals surface area contributed by atoms with E-state index >= 15 is 0 Å². The molecule has 0 fully saturated rings. The van der Waals surface area contributed by atoms with E-state index in [4.69, 9.17) is 4.42 Å². The SMILES string of the molecule is Cc1cnc(C(C)NCc2cn3ccccc3n2)o1. The van der Waals surface area contributed by atoms with Crippen LogP contribution < -0.4 is 5.32 Å². The maximum absolute atomic E-state index is 5.49. The van der Waals surface area contributed by atoms with E-state index in [-0.39, 0.29) is 6.04 Å². The largest absolute Gasteiger partial charge is 0.444 e. The summed E-state index contributed by atoms with van der Waals surface area (Å²) in [5.74, 6) is 1.54. The summed E-state index contributed by atoms with van der Waals surface area (Å²) in [5, 5.41) is 3.36. The number of aryl methyl sites for hydroxylation is 1. The fraction of sp³-hybridized carbons (Fsp3) is 0.286. The van der Waals surface area contributed by atoms with Crippen molar-refractivity contribution in [2.45, 2.75) is 26.4 Å². The van der Waals surface area contributed by atoms with Crippen LogP contribution in [0.5, 0.6) is 0 Å². The lowest BCUT2D eigenvalue weighted by molar-refractivity contribution is 0.401. The van der Waals surface area contributed by atoms with Crippen molar-refractivity contribution in [1.29, 1.82) is 0 Å². The molecule has 0 spiro atoms. The molecule has 0 aliphatic rings. The molecule has 5 nitrogen and oxygen atoms in total. The molecule has 3 heterocycles. The molecule has 19 heavy (non-hydrogen) atoms. The highest BCUT2D eigenvalue weighted by atomic mass is 16.4. The van der Waals surface area contributed by atoms with E-state index in [2.05, 4.69) is 15.3 Å². The maximum atomic E-state index is 5.49. The van der Waals surface area contributed by atoms with E-state index in [1.54, 1.807) is 6.20 Å². The van der Waals surface area contributed by atoms with E-state index in [0.29, 0.717) is 12.4 Å². The number of pyridine rings is 1. The number of hydrogen-bond donors (Lipinski definition) is 1. The van der Waals surface area contributed by atoms with Crippen molar-refractivity contribution in [3.63, 3.8) is 0 Å².